The molecule has 0 saturated carbocycles. The van der Waals surface area contributed by atoms with E-state index in [1.807, 2.05) is 24.3 Å². The minimum atomic E-state index is -1.63. The number of nitrogens with two attached hydrogens (primary N) is 2. The number of rotatable bonds is 22. The quantitative estimate of drug-likeness (QED) is 0.0476. The van der Waals surface area contributed by atoms with Crippen molar-refractivity contribution in [2.24, 2.45) is 17.4 Å². The Morgan fingerprint density at radius 1 is 0.773 bits per heavy atom. The predicted octanol–water partition coefficient (Wildman–Crippen LogP) is -3.23. The first-order valence-electron chi connectivity index (χ1n) is 21.6. The molecular weight excluding hydrogens is 859 g/mol. The Morgan fingerprint density at radius 3 is 2.09 bits per heavy atom. The molecule has 5 rings (SSSR count). The lowest BCUT2D eigenvalue weighted by molar-refractivity contribution is -0.143. The first-order valence-corrected chi connectivity index (χ1v) is 21.6. The van der Waals surface area contributed by atoms with Crippen LogP contribution < -0.4 is 48.7 Å². The number of H-pyrrole nitrogens is 1. The summed E-state index contributed by atoms with van der Waals surface area (Å²) in [6.07, 6.45) is 1.85. The molecule has 13 N–H and O–H groups in total. The average Bonchev–Trinajstić information content (AvgIpc) is 4.06. The highest BCUT2D eigenvalue weighted by Crippen LogP contribution is 2.21. The van der Waals surface area contributed by atoms with Crippen LogP contribution in [0.1, 0.15) is 57.1 Å². The Morgan fingerprint density at radius 2 is 1.44 bits per heavy atom. The molecule has 3 heterocycles. The topological polar surface area (TPSA) is 346 Å². The van der Waals surface area contributed by atoms with Crippen LogP contribution in [0.25, 0.3) is 10.9 Å². The third-order valence-electron chi connectivity index (χ3n) is 11.3. The van der Waals surface area contributed by atoms with E-state index in [9.17, 15) is 53.1 Å². The van der Waals surface area contributed by atoms with Crippen LogP contribution in [-0.2, 0) is 60.8 Å². The van der Waals surface area contributed by atoms with Gasteiger partial charge in [0.05, 0.1) is 19.6 Å². The lowest BCUT2D eigenvalue weighted by atomic mass is 10.0. The smallest absolute Gasteiger partial charge is 0.248 e. The molecule has 2 saturated heterocycles. The number of fused-ring (bicyclic) bond motifs is 1. The third kappa shape index (κ3) is 13.3. The number of carbonyl (C=O) groups is 10. The molecule has 22 heteroatoms. The van der Waals surface area contributed by atoms with Gasteiger partial charge in [0.1, 0.15) is 42.3 Å². The summed E-state index contributed by atoms with van der Waals surface area (Å²) in [4.78, 5) is 135. The second kappa shape index (κ2) is 23.0. The van der Waals surface area contributed by atoms with Gasteiger partial charge in [-0.1, -0.05) is 62.4 Å². The summed E-state index contributed by atoms with van der Waals surface area (Å²) >= 11 is 0. The predicted molar refractivity (Wildman–Crippen MR) is 236 cm³/mol. The van der Waals surface area contributed by atoms with Crippen LogP contribution in [0.2, 0.25) is 0 Å². The molecule has 2 aliphatic rings. The van der Waals surface area contributed by atoms with Crippen molar-refractivity contribution in [1.29, 1.82) is 0 Å². The van der Waals surface area contributed by atoms with Gasteiger partial charge in [-0.05, 0) is 42.4 Å². The van der Waals surface area contributed by atoms with Crippen molar-refractivity contribution < 1.29 is 53.1 Å². The number of primary amides is 2. The number of nitrogens with one attached hydrogen (secondary N) is 8. The normalized spacial score (nSPS) is 17.9. The van der Waals surface area contributed by atoms with E-state index in [-0.39, 0.29) is 44.6 Å². The Hall–Kier alpha value is -7.36. The van der Waals surface area contributed by atoms with Crippen LogP contribution in [0.4, 0.5) is 0 Å². The minimum Gasteiger partial charge on any atom is -0.394 e. The highest BCUT2D eigenvalue weighted by Gasteiger charge is 2.39. The molecule has 7 atom stereocenters. The third-order valence-corrected chi connectivity index (χ3v) is 11.3. The lowest BCUT2D eigenvalue weighted by Gasteiger charge is -2.29. The van der Waals surface area contributed by atoms with Gasteiger partial charge in [0.25, 0.3) is 0 Å². The van der Waals surface area contributed by atoms with E-state index in [1.165, 1.54) is 0 Å². The molecule has 2 fully saturated rings. The maximum absolute atomic E-state index is 14.0. The Labute approximate surface area is 379 Å². The summed E-state index contributed by atoms with van der Waals surface area (Å²) in [7, 11) is 0. The number of hydrogen-bond acceptors (Lipinski definition) is 11. The van der Waals surface area contributed by atoms with E-state index in [0.717, 1.165) is 21.4 Å². The van der Waals surface area contributed by atoms with Crippen LogP contribution >= 0.6 is 0 Å². The van der Waals surface area contributed by atoms with Crippen LogP contribution in [0.15, 0.2) is 60.8 Å². The highest BCUT2D eigenvalue weighted by molar-refractivity contribution is 5.99. The van der Waals surface area contributed by atoms with Gasteiger partial charge in [-0.3, -0.25) is 47.9 Å². The van der Waals surface area contributed by atoms with Gasteiger partial charge in [-0.25, -0.2) is 0 Å². The van der Waals surface area contributed by atoms with E-state index >= 15 is 0 Å². The lowest BCUT2D eigenvalue weighted by Crippen LogP contribution is -2.61. The number of nitrogens with zero attached hydrogens (tertiary/aromatic N) is 1. The molecule has 354 valence electrons. The fourth-order valence-electron chi connectivity index (χ4n) is 7.84. The van der Waals surface area contributed by atoms with Crippen molar-refractivity contribution in [1.82, 2.24) is 47.1 Å². The number of amides is 10. The van der Waals surface area contributed by atoms with Gasteiger partial charge in [0.2, 0.25) is 59.1 Å². The molecule has 3 aromatic rings. The van der Waals surface area contributed by atoms with Gasteiger partial charge in [-0.2, -0.15) is 0 Å². The summed E-state index contributed by atoms with van der Waals surface area (Å²) in [6, 6.07) is 6.85. The maximum atomic E-state index is 14.0. The summed E-state index contributed by atoms with van der Waals surface area (Å²) in [5.41, 5.74) is 13.2. The summed E-state index contributed by atoms with van der Waals surface area (Å²) < 4.78 is 0. The van der Waals surface area contributed by atoms with Gasteiger partial charge in [0, 0.05) is 42.9 Å². The molecule has 66 heavy (non-hydrogen) atoms. The second-order valence-electron chi connectivity index (χ2n) is 16.6. The molecule has 2 aromatic carbocycles. The van der Waals surface area contributed by atoms with Crippen molar-refractivity contribution in [2.75, 3.05) is 19.7 Å². The fraction of sp³-hybridized carbons (Fsp3) is 0.455. The van der Waals surface area contributed by atoms with E-state index in [0.29, 0.717) is 12.0 Å². The zero-order valence-electron chi connectivity index (χ0n) is 36.6. The van der Waals surface area contributed by atoms with Crippen molar-refractivity contribution in [3.8, 4) is 0 Å². The van der Waals surface area contributed by atoms with Gasteiger partial charge < -0.3 is 63.7 Å². The molecule has 0 spiro atoms. The van der Waals surface area contributed by atoms with Crippen LogP contribution in [0.5, 0.6) is 0 Å². The molecule has 0 unspecified atom stereocenters. The van der Waals surface area contributed by atoms with Crippen molar-refractivity contribution >= 4 is 70.0 Å². The van der Waals surface area contributed by atoms with Crippen LogP contribution in [0, 0.1) is 5.92 Å². The Kier molecular flexibility index (Phi) is 17.3. The molecule has 0 aliphatic carbocycles. The van der Waals surface area contributed by atoms with Crippen LogP contribution in [0.3, 0.4) is 0 Å². The molecule has 22 nitrogen and oxygen atoms in total. The monoisotopic (exact) mass is 915 g/mol. The molecule has 2 aliphatic heterocycles. The number of aliphatic hydroxyl groups excluding tert-OH is 1. The fourth-order valence-corrected chi connectivity index (χ4v) is 7.84. The first kappa shape index (κ1) is 49.7. The van der Waals surface area contributed by atoms with Crippen LogP contribution in [-0.4, -0.2) is 136 Å². The largest absolute Gasteiger partial charge is 0.394 e. The average molecular weight is 916 g/mol. The highest BCUT2D eigenvalue weighted by atomic mass is 16.3. The van der Waals surface area contributed by atoms with Gasteiger partial charge in [-0.15, -0.1) is 0 Å². The molecule has 0 bridgehead atoms. The number of likely N-dealkylation sites (tertiary alicyclic amines) is 1. The number of para-hydroxylation sites is 1. The number of benzene rings is 2. The van der Waals surface area contributed by atoms with Gasteiger partial charge in [0.15, 0.2) is 0 Å². The number of aliphatic hydroxyl groups is 1. The SMILES string of the molecule is CC(C)[C@H](NC(=O)[C@@H]1CCC(=O)N1)C(=O)N[C@@H](CC(N)=O)C(=O)N[C@@H](Cc1ccccc1)C(=O)N[C@@H](CO)C(=O)N1CCC[C@H]1C(=O)NCC(=O)N[C@@H](Cc1c[nH]c2ccccc12)C(N)=O. The number of aromatic amines is 1. The minimum absolute atomic E-state index is 0.0651. The summed E-state index contributed by atoms with van der Waals surface area (Å²) in [5, 5.41) is 28.7. The van der Waals surface area contributed by atoms with E-state index in [1.54, 1.807) is 50.4 Å². The first-order chi connectivity index (χ1) is 31.4. The zero-order valence-corrected chi connectivity index (χ0v) is 36.6. The Balaban J connectivity index is 1.22. The standard InChI is InChI=1S/C44H57N11O11/c1-23(2)37(54-39(61)28-14-15-35(58)49-28)43(65)52-31(19-34(45)57)41(63)51-30(17-24-9-4-3-5-10-24)40(62)53-32(22-56)44(66)55-16-8-13-33(55)42(64)48-21-36(59)50-29(38(46)60)18-25-20-47-27-12-7-6-11-26(25)27/h3-7,9-12,20,23,28-33,37,47,56H,8,13-19,21-22H2,1-2H3,(H2,45,57)(H2,46,60)(H,48,64)(H,49,58)(H,50,59)(H,51,63)(H,52,65)(H,53,62)(H,54,61)/t28-,29-,30-,31-,32-,33-,37-/m0/s1. The molecule has 0 radical (unpaired) electrons. The maximum Gasteiger partial charge on any atom is 0.248 e. The summed E-state index contributed by atoms with van der Waals surface area (Å²) in [5.74, 6) is -8.27. The van der Waals surface area contributed by atoms with E-state index in [2.05, 4.69) is 42.2 Å². The molecule has 1 aromatic heterocycles. The summed E-state index contributed by atoms with van der Waals surface area (Å²) in [6.45, 7) is 1.86. The number of carbonyl (C=O) groups excluding carboxylic acids is 10. The van der Waals surface area contributed by atoms with Crippen molar-refractivity contribution in [2.45, 2.75) is 101 Å². The number of aromatic nitrogens is 1. The van der Waals surface area contributed by atoms with E-state index in [4.69, 9.17) is 11.5 Å². The molecular formula is C44H57N11O11. The van der Waals surface area contributed by atoms with E-state index < -0.39 is 121 Å². The second-order valence-corrected chi connectivity index (χ2v) is 16.6. The van der Waals surface area contributed by atoms with Crippen molar-refractivity contribution in [3.63, 3.8) is 0 Å². The number of hydrogen-bond donors (Lipinski definition) is 11. The van der Waals surface area contributed by atoms with Crippen molar-refractivity contribution in [3.05, 3.63) is 71.9 Å². The Bertz CT molecular complexity index is 2300. The zero-order chi connectivity index (χ0) is 48.1. The van der Waals surface area contributed by atoms with Gasteiger partial charge >= 0.3 is 0 Å². The molecule has 10 amide bonds.